The van der Waals surface area contributed by atoms with Crippen molar-refractivity contribution >= 4 is 29.0 Å². The van der Waals surface area contributed by atoms with Gasteiger partial charge >= 0.3 is 5.97 Å². The first-order valence-electron chi connectivity index (χ1n) is 11.6. The van der Waals surface area contributed by atoms with Gasteiger partial charge in [-0.25, -0.2) is 4.79 Å². The molecule has 9 heteroatoms. The van der Waals surface area contributed by atoms with Crippen LogP contribution in [0.1, 0.15) is 33.8 Å². The minimum atomic E-state index is -0.393. The molecule has 2 aromatic heterocycles. The van der Waals surface area contributed by atoms with Crippen molar-refractivity contribution in [3.8, 4) is 17.2 Å². The zero-order valence-electron chi connectivity index (χ0n) is 20.6. The number of hydrogen-bond donors (Lipinski definition) is 1. The maximum Gasteiger partial charge on any atom is 0.337 e. The smallest absolute Gasteiger partial charge is 0.337 e. The van der Waals surface area contributed by atoms with E-state index in [0.717, 1.165) is 22.8 Å². The normalized spacial score (nSPS) is 16.8. The molecule has 3 heterocycles. The number of nitrogens with one attached hydrogen (secondary N) is 1. The fourth-order valence-corrected chi connectivity index (χ4v) is 5.01. The molecule has 0 bridgehead atoms. The van der Waals surface area contributed by atoms with Crippen molar-refractivity contribution in [3.05, 3.63) is 102 Å². The lowest BCUT2D eigenvalue weighted by Gasteiger charge is -2.30. The fourth-order valence-electron chi connectivity index (χ4n) is 4.67. The van der Waals surface area contributed by atoms with E-state index in [1.54, 1.807) is 26.5 Å². The van der Waals surface area contributed by atoms with Crippen LogP contribution < -0.4 is 19.7 Å². The van der Waals surface area contributed by atoms with Gasteiger partial charge in [0.15, 0.2) is 5.11 Å². The quantitative estimate of drug-likeness (QED) is 0.277. The number of aromatic nitrogens is 2. The van der Waals surface area contributed by atoms with Gasteiger partial charge in [-0.15, -0.1) is 0 Å². The van der Waals surface area contributed by atoms with Gasteiger partial charge in [0.2, 0.25) is 0 Å². The Hall–Kier alpha value is -4.37. The fraction of sp³-hybridized carbons (Fsp3) is 0.179. The molecule has 1 N–H and O–H groups in total. The van der Waals surface area contributed by atoms with E-state index in [1.165, 1.54) is 7.11 Å². The highest BCUT2D eigenvalue weighted by Gasteiger charge is 2.43. The lowest BCUT2D eigenvalue weighted by molar-refractivity contribution is 0.0600. The van der Waals surface area contributed by atoms with Crippen molar-refractivity contribution in [2.75, 3.05) is 26.2 Å². The summed E-state index contributed by atoms with van der Waals surface area (Å²) in [5.74, 6) is 0.913. The molecule has 37 heavy (non-hydrogen) atoms. The third-order valence-corrected chi connectivity index (χ3v) is 6.69. The van der Waals surface area contributed by atoms with Crippen LogP contribution in [0.25, 0.3) is 5.69 Å². The maximum absolute atomic E-state index is 12.2. The number of carbonyl (C=O) groups excluding carboxylic acids is 1. The molecule has 0 amide bonds. The standard InChI is InChI=1S/C28H26N4O4S/c1-34-20-12-13-22(24(17-20)35-2)32-26(25(30-28(32)37)21-10-4-5-14-29-21)23-11-7-15-31(23)19-9-6-8-18(16-19)27(33)36-3/h4-17,25-26H,1-3H3,(H,30,37)/t25-,26-/m1/s1. The van der Waals surface area contributed by atoms with Crippen molar-refractivity contribution < 1.29 is 19.0 Å². The first-order chi connectivity index (χ1) is 18.0. The highest BCUT2D eigenvalue weighted by Crippen LogP contribution is 2.45. The highest BCUT2D eigenvalue weighted by atomic mass is 32.1. The molecule has 4 aromatic rings. The zero-order valence-corrected chi connectivity index (χ0v) is 21.4. The van der Waals surface area contributed by atoms with Gasteiger partial charge in [-0.3, -0.25) is 4.98 Å². The van der Waals surface area contributed by atoms with E-state index in [4.69, 9.17) is 26.4 Å². The number of rotatable bonds is 7. The molecule has 0 radical (unpaired) electrons. The number of pyridine rings is 1. The molecule has 1 aliphatic heterocycles. The molecule has 188 valence electrons. The summed E-state index contributed by atoms with van der Waals surface area (Å²) in [5, 5.41) is 4.02. The largest absolute Gasteiger partial charge is 0.497 e. The molecule has 0 saturated carbocycles. The van der Waals surface area contributed by atoms with E-state index in [2.05, 4.69) is 10.3 Å². The minimum Gasteiger partial charge on any atom is -0.497 e. The molecule has 1 aliphatic rings. The van der Waals surface area contributed by atoms with E-state index in [1.807, 2.05) is 82.4 Å². The molecule has 0 spiro atoms. The van der Waals surface area contributed by atoms with Crippen LogP contribution in [0.2, 0.25) is 0 Å². The van der Waals surface area contributed by atoms with Gasteiger partial charge in [-0.05, 0) is 66.8 Å². The van der Waals surface area contributed by atoms with Crippen LogP contribution in [0.4, 0.5) is 5.69 Å². The lowest BCUT2D eigenvalue weighted by Crippen LogP contribution is -2.30. The van der Waals surface area contributed by atoms with Crippen molar-refractivity contribution in [2.24, 2.45) is 0 Å². The van der Waals surface area contributed by atoms with Gasteiger partial charge in [0.05, 0.1) is 44.3 Å². The van der Waals surface area contributed by atoms with Gasteiger partial charge < -0.3 is 29.0 Å². The van der Waals surface area contributed by atoms with Crippen LogP contribution in [0, 0.1) is 0 Å². The maximum atomic E-state index is 12.2. The van der Waals surface area contributed by atoms with Crippen molar-refractivity contribution in [1.29, 1.82) is 0 Å². The van der Waals surface area contributed by atoms with Crippen molar-refractivity contribution in [3.63, 3.8) is 0 Å². The average molecular weight is 515 g/mol. The van der Waals surface area contributed by atoms with Gasteiger partial charge in [0.25, 0.3) is 0 Å². The van der Waals surface area contributed by atoms with Crippen molar-refractivity contribution in [2.45, 2.75) is 12.1 Å². The molecule has 2 atom stereocenters. The van der Waals surface area contributed by atoms with E-state index in [-0.39, 0.29) is 12.1 Å². The number of methoxy groups -OCH3 is 3. The van der Waals surface area contributed by atoms with E-state index in [9.17, 15) is 4.79 Å². The van der Waals surface area contributed by atoms with Crippen LogP contribution in [0.15, 0.2) is 85.2 Å². The Morgan fingerprint density at radius 2 is 1.84 bits per heavy atom. The summed E-state index contributed by atoms with van der Waals surface area (Å²) >= 11 is 5.88. The molecule has 5 rings (SSSR count). The average Bonchev–Trinajstić information content (AvgIpc) is 3.57. The van der Waals surface area contributed by atoms with Gasteiger partial charge in [0.1, 0.15) is 17.5 Å². The van der Waals surface area contributed by atoms with Crippen LogP contribution in [-0.4, -0.2) is 42.0 Å². The predicted octanol–water partition coefficient (Wildman–Crippen LogP) is 4.85. The molecule has 8 nitrogen and oxygen atoms in total. The number of nitrogens with zero attached hydrogens (tertiary/aromatic N) is 3. The molecule has 1 fully saturated rings. The third kappa shape index (κ3) is 4.49. The van der Waals surface area contributed by atoms with Crippen LogP contribution >= 0.6 is 12.2 Å². The van der Waals surface area contributed by atoms with Gasteiger partial charge in [0, 0.05) is 29.8 Å². The van der Waals surface area contributed by atoms with E-state index < -0.39 is 5.97 Å². The first kappa shape index (κ1) is 24.3. The van der Waals surface area contributed by atoms with Crippen LogP contribution in [0.3, 0.4) is 0 Å². The van der Waals surface area contributed by atoms with Gasteiger partial charge in [-0.2, -0.15) is 0 Å². The third-order valence-electron chi connectivity index (χ3n) is 6.37. The number of anilines is 1. The Balaban J connectivity index is 1.67. The van der Waals surface area contributed by atoms with E-state index in [0.29, 0.717) is 22.2 Å². The van der Waals surface area contributed by atoms with E-state index >= 15 is 0 Å². The Morgan fingerprint density at radius 3 is 2.57 bits per heavy atom. The SMILES string of the molecule is COC(=O)c1cccc(-n2cccc2[C@@H]2[C@@H](c3ccccn3)NC(=S)N2c2ccc(OC)cc2OC)c1. The molecule has 0 aliphatic carbocycles. The number of benzene rings is 2. The van der Waals surface area contributed by atoms with Crippen molar-refractivity contribution in [1.82, 2.24) is 14.9 Å². The topological polar surface area (TPSA) is 77.9 Å². The monoisotopic (exact) mass is 514 g/mol. The molecular weight excluding hydrogens is 488 g/mol. The summed E-state index contributed by atoms with van der Waals surface area (Å²) in [6, 6.07) is 22.3. The first-order valence-corrected chi connectivity index (χ1v) is 12.0. The number of esters is 1. The number of thiocarbonyl (C=S) groups is 1. The summed E-state index contributed by atoms with van der Waals surface area (Å²) in [6.07, 6.45) is 3.73. The molecular formula is C28H26N4O4S. The zero-order chi connectivity index (χ0) is 25.9. The van der Waals surface area contributed by atoms with Crippen LogP contribution in [-0.2, 0) is 4.74 Å². The second-order valence-corrected chi connectivity index (χ2v) is 8.77. The van der Waals surface area contributed by atoms with Crippen LogP contribution in [0.5, 0.6) is 11.5 Å². The number of hydrogen-bond acceptors (Lipinski definition) is 6. The molecule has 2 aromatic carbocycles. The minimum absolute atomic E-state index is 0.252. The number of ether oxygens (including phenoxy) is 3. The Morgan fingerprint density at radius 1 is 0.973 bits per heavy atom. The highest BCUT2D eigenvalue weighted by molar-refractivity contribution is 7.80. The summed E-state index contributed by atoms with van der Waals surface area (Å²) in [7, 11) is 4.61. The molecule has 0 unspecified atom stereocenters. The van der Waals surface area contributed by atoms with Gasteiger partial charge in [-0.1, -0.05) is 12.1 Å². The second kappa shape index (κ2) is 10.3. The summed E-state index contributed by atoms with van der Waals surface area (Å²) in [4.78, 5) is 18.9. The number of carbonyl (C=O) groups is 1. The Labute approximate surface area is 220 Å². The molecule has 1 saturated heterocycles. The summed E-state index contributed by atoms with van der Waals surface area (Å²) in [6.45, 7) is 0. The Bertz CT molecular complexity index is 1440. The summed E-state index contributed by atoms with van der Waals surface area (Å²) < 4.78 is 18.1. The summed E-state index contributed by atoms with van der Waals surface area (Å²) in [5.41, 5.74) is 3.88. The Kier molecular flexibility index (Phi) is 6.78. The second-order valence-electron chi connectivity index (χ2n) is 8.38. The predicted molar refractivity (Wildman–Crippen MR) is 145 cm³/mol. The lowest BCUT2D eigenvalue weighted by atomic mass is 10.0.